The smallest absolute Gasteiger partial charge is 0.122 e. The zero-order valence-electron chi connectivity index (χ0n) is 8.86. The van der Waals surface area contributed by atoms with Gasteiger partial charge in [-0.2, -0.15) is 5.26 Å². The molecule has 0 amide bonds. The molecule has 0 fully saturated rings. The van der Waals surface area contributed by atoms with Gasteiger partial charge in [0.2, 0.25) is 0 Å². The zero-order valence-corrected chi connectivity index (χ0v) is 8.86. The summed E-state index contributed by atoms with van der Waals surface area (Å²) in [6.07, 6.45) is 0.455. The number of hydrogen-bond donors (Lipinski definition) is 1. The zero-order chi connectivity index (χ0) is 11.3. The van der Waals surface area contributed by atoms with E-state index >= 15 is 0 Å². The van der Waals surface area contributed by atoms with Gasteiger partial charge in [-0.15, -0.1) is 0 Å². The molecule has 15 heavy (non-hydrogen) atoms. The summed E-state index contributed by atoms with van der Waals surface area (Å²) in [6, 6.07) is 6.90. The molecule has 0 bridgehead atoms. The first-order valence-corrected chi connectivity index (χ1v) is 4.57. The van der Waals surface area contributed by atoms with E-state index in [1.165, 1.54) is 0 Å². The largest absolute Gasteiger partial charge is 0.497 e. The Morgan fingerprint density at radius 3 is 2.67 bits per heavy atom. The molecule has 0 aliphatic heterocycles. The average molecular weight is 206 g/mol. The predicted molar refractivity (Wildman–Crippen MR) is 56.8 cm³/mol. The first-order chi connectivity index (χ1) is 7.21. The van der Waals surface area contributed by atoms with Crippen molar-refractivity contribution < 1.29 is 9.47 Å². The van der Waals surface area contributed by atoms with Gasteiger partial charge < -0.3 is 15.2 Å². The van der Waals surface area contributed by atoms with E-state index in [1.54, 1.807) is 26.4 Å². The summed E-state index contributed by atoms with van der Waals surface area (Å²) in [4.78, 5) is 0. The first kappa shape index (κ1) is 11.3. The van der Waals surface area contributed by atoms with E-state index in [0.29, 0.717) is 6.42 Å². The highest BCUT2D eigenvalue weighted by atomic mass is 16.5. The van der Waals surface area contributed by atoms with E-state index in [1.807, 2.05) is 12.1 Å². The van der Waals surface area contributed by atoms with E-state index in [4.69, 9.17) is 20.5 Å². The summed E-state index contributed by atoms with van der Waals surface area (Å²) in [7, 11) is 3.18. The molecule has 1 atom stereocenters. The van der Waals surface area contributed by atoms with Crippen LogP contribution < -0.4 is 15.2 Å². The van der Waals surface area contributed by atoms with E-state index in [9.17, 15) is 0 Å². The molecule has 1 aromatic carbocycles. The van der Waals surface area contributed by atoms with Crippen molar-refractivity contribution in [2.75, 3.05) is 14.2 Å². The van der Waals surface area contributed by atoms with Crippen LogP contribution in [-0.4, -0.2) is 20.3 Å². The molecular weight excluding hydrogens is 192 g/mol. The quantitative estimate of drug-likeness (QED) is 0.800. The topological polar surface area (TPSA) is 68.3 Å². The third kappa shape index (κ3) is 2.86. The predicted octanol–water partition coefficient (Wildman–Crippen LogP) is 1.10. The van der Waals surface area contributed by atoms with Crippen molar-refractivity contribution in [3.63, 3.8) is 0 Å². The molecule has 0 aliphatic rings. The lowest BCUT2D eigenvalue weighted by molar-refractivity contribution is 0.398. The molecule has 4 heteroatoms. The Morgan fingerprint density at radius 2 is 2.13 bits per heavy atom. The maximum absolute atomic E-state index is 8.64. The second kappa shape index (κ2) is 5.23. The molecular formula is C11H14N2O2. The van der Waals surface area contributed by atoms with E-state index < -0.39 is 6.04 Å². The molecule has 0 saturated heterocycles. The van der Waals surface area contributed by atoms with Gasteiger partial charge in [-0.3, -0.25) is 0 Å². The van der Waals surface area contributed by atoms with Gasteiger partial charge in [0, 0.05) is 12.0 Å². The maximum atomic E-state index is 8.64. The number of nitrogens with zero attached hydrogens (tertiary/aromatic N) is 1. The average Bonchev–Trinajstić information content (AvgIpc) is 2.28. The Bertz CT molecular complexity index is 371. The third-order valence-corrected chi connectivity index (χ3v) is 2.09. The summed E-state index contributed by atoms with van der Waals surface area (Å²) < 4.78 is 10.3. The molecule has 2 N–H and O–H groups in total. The summed E-state index contributed by atoms with van der Waals surface area (Å²) in [5.74, 6) is 1.46. The highest BCUT2D eigenvalue weighted by molar-refractivity contribution is 5.41. The van der Waals surface area contributed by atoms with E-state index in [2.05, 4.69) is 0 Å². The van der Waals surface area contributed by atoms with Crippen LogP contribution in [0.15, 0.2) is 18.2 Å². The van der Waals surface area contributed by atoms with Crippen molar-refractivity contribution in [3.05, 3.63) is 23.8 Å². The van der Waals surface area contributed by atoms with Crippen molar-refractivity contribution in [3.8, 4) is 17.6 Å². The Labute approximate surface area is 89.2 Å². The third-order valence-electron chi connectivity index (χ3n) is 2.09. The highest BCUT2D eigenvalue weighted by Gasteiger charge is 2.09. The van der Waals surface area contributed by atoms with Gasteiger partial charge in [0.25, 0.3) is 0 Å². The van der Waals surface area contributed by atoms with Gasteiger partial charge in [0.1, 0.15) is 11.5 Å². The van der Waals surface area contributed by atoms with Gasteiger partial charge in [0.15, 0.2) is 0 Å². The normalized spacial score (nSPS) is 11.6. The van der Waals surface area contributed by atoms with Crippen LogP contribution in [0.5, 0.6) is 11.5 Å². The number of nitriles is 1. The fourth-order valence-electron chi connectivity index (χ4n) is 1.32. The van der Waals surface area contributed by atoms with Crippen molar-refractivity contribution in [1.29, 1.82) is 5.26 Å². The molecule has 1 aromatic rings. The summed E-state index contributed by atoms with van der Waals surface area (Å²) in [5.41, 5.74) is 6.44. The van der Waals surface area contributed by atoms with Gasteiger partial charge >= 0.3 is 0 Å². The van der Waals surface area contributed by atoms with Gasteiger partial charge in [-0.1, -0.05) is 0 Å². The Kier molecular flexibility index (Phi) is 3.95. The second-order valence-electron chi connectivity index (χ2n) is 3.12. The van der Waals surface area contributed by atoms with Crippen LogP contribution in [0.25, 0.3) is 0 Å². The minimum atomic E-state index is -0.522. The molecule has 0 saturated carbocycles. The van der Waals surface area contributed by atoms with Crippen LogP contribution in [0.2, 0.25) is 0 Å². The van der Waals surface area contributed by atoms with Gasteiger partial charge in [0.05, 0.1) is 26.3 Å². The first-order valence-electron chi connectivity index (χ1n) is 4.57. The van der Waals surface area contributed by atoms with Crippen molar-refractivity contribution in [2.45, 2.75) is 12.5 Å². The minimum absolute atomic E-state index is 0.455. The Morgan fingerprint density at radius 1 is 1.40 bits per heavy atom. The fraction of sp³-hybridized carbons (Fsp3) is 0.364. The molecule has 4 nitrogen and oxygen atoms in total. The molecule has 0 aromatic heterocycles. The van der Waals surface area contributed by atoms with Crippen LogP contribution in [0.1, 0.15) is 5.56 Å². The lowest BCUT2D eigenvalue weighted by atomic mass is 10.1. The van der Waals surface area contributed by atoms with Gasteiger partial charge in [-0.25, -0.2) is 0 Å². The van der Waals surface area contributed by atoms with Crippen molar-refractivity contribution in [1.82, 2.24) is 0 Å². The molecule has 0 heterocycles. The van der Waals surface area contributed by atoms with E-state index in [-0.39, 0.29) is 0 Å². The SMILES string of the molecule is COc1ccc(OC)c(CC(N)C#N)c1. The number of rotatable bonds is 4. The monoisotopic (exact) mass is 206 g/mol. The molecule has 1 unspecified atom stereocenters. The van der Waals surface area contributed by atoms with Crippen LogP contribution in [0, 0.1) is 11.3 Å². The van der Waals surface area contributed by atoms with Crippen LogP contribution in [0.4, 0.5) is 0 Å². The van der Waals surface area contributed by atoms with Crippen molar-refractivity contribution in [2.24, 2.45) is 5.73 Å². The fourth-order valence-corrected chi connectivity index (χ4v) is 1.32. The molecule has 0 radical (unpaired) electrons. The molecule has 80 valence electrons. The Balaban J connectivity index is 2.97. The summed E-state index contributed by atoms with van der Waals surface area (Å²) in [5, 5.41) is 8.64. The van der Waals surface area contributed by atoms with E-state index in [0.717, 1.165) is 17.1 Å². The van der Waals surface area contributed by atoms with Crippen LogP contribution >= 0.6 is 0 Å². The number of benzene rings is 1. The maximum Gasteiger partial charge on any atom is 0.122 e. The number of hydrogen-bond acceptors (Lipinski definition) is 4. The molecule has 0 spiro atoms. The minimum Gasteiger partial charge on any atom is -0.497 e. The van der Waals surface area contributed by atoms with Crippen LogP contribution in [-0.2, 0) is 6.42 Å². The number of nitrogens with two attached hydrogens (primary N) is 1. The molecule has 1 rings (SSSR count). The van der Waals surface area contributed by atoms with Crippen LogP contribution in [0.3, 0.4) is 0 Å². The summed E-state index contributed by atoms with van der Waals surface area (Å²) in [6.45, 7) is 0. The lowest BCUT2D eigenvalue weighted by Crippen LogP contribution is -2.20. The summed E-state index contributed by atoms with van der Waals surface area (Å²) >= 11 is 0. The Hall–Kier alpha value is -1.73. The second-order valence-corrected chi connectivity index (χ2v) is 3.12. The molecule has 0 aliphatic carbocycles. The lowest BCUT2D eigenvalue weighted by Gasteiger charge is -2.10. The standard InChI is InChI=1S/C11H14N2O2/c1-14-10-3-4-11(15-2)8(6-10)5-9(13)7-12/h3-4,6,9H,5,13H2,1-2H3. The number of methoxy groups -OCH3 is 2. The number of ether oxygens (including phenoxy) is 2. The van der Waals surface area contributed by atoms with Crippen molar-refractivity contribution >= 4 is 0 Å². The van der Waals surface area contributed by atoms with Gasteiger partial charge in [-0.05, 0) is 18.2 Å². The highest BCUT2D eigenvalue weighted by Crippen LogP contribution is 2.24.